The lowest BCUT2D eigenvalue weighted by molar-refractivity contribution is -0.118. The number of fused-ring (bicyclic) bond motifs is 3. The standard InChI is InChI=1S/C14H16N2O2.CH4/c1-9(17)8-18-10-2-3-13-12(6-10)11-4-5-15-7-14(11)16-13;/h2-3,6,15-16H,4-5,7-8H2,1H3;1H4. The highest BCUT2D eigenvalue weighted by atomic mass is 16.5. The summed E-state index contributed by atoms with van der Waals surface area (Å²) in [6.07, 6.45) is 1.03. The number of carbonyl (C=O) groups is 1. The van der Waals surface area contributed by atoms with Crippen LogP contribution >= 0.6 is 0 Å². The van der Waals surface area contributed by atoms with Crippen molar-refractivity contribution >= 4 is 16.7 Å². The molecule has 3 rings (SSSR count). The van der Waals surface area contributed by atoms with E-state index < -0.39 is 0 Å². The first kappa shape index (κ1) is 13.6. The quantitative estimate of drug-likeness (QED) is 0.891. The van der Waals surface area contributed by atoms with Gasteiger partial charge in [-0.05, 0) is 43.7 Å². The molecule has 0 radical (unpaired) electrons. The van der Waals surface area contributed by atoms with Gasteiger partial charge in [0.25, 0.3) is 0 Å². The second-order valence-electron chi connectivity index (χ2n) is 4.71. The zero-order chi connectivity index (χ0) is 12.5. The Morgan fingerprint density at radius 2 is 2.26 bits per heavy atom. The van der Waals surface area contributed by atoms with Gasteiger partial charge in [0.2, 0.25) is 0 Å². The number of nitrogens with one attached hydrogen (secondary N) is 2. The van der Waals surface area contributed by atoms with Crippen molar-refractivity contribution in [1.29, 1.82) is 0 Å². The van der Waals surface area contributed by atoms with E-state index in [1.807, 2.05) is 18.2 Å². The summed E-state index contributed by atoms with van der Waals surface area (Å²) < 4.78 is 5.46. The second kappa shape index (κ2) is 5.45. The molecule has 0 bridgehead atoms. The Labute approximate surface area is 113 Å². The van der Waals surface area contributed by atoms with Gasteiger partial charge < -0.3 is 15.0 Å². The lowest BCUT2D eigenvalue weighted by Gasteiger charge is -2.12. The van der Waals surface area contributed by atoms with Gasteiger partial charge in [-0.25, -0.2) is 0 Å². The molecule has 1 aromatic heterocycles. The number of benzene rings is 1. The van der Waals surface area contributed by atoms with Crippen molar-refractivity contribution in [3.05, 3.63) is 29.5 Å². The minimum Gasteiger partial charge on any atom is -0.486 e. The van der Waals surface area contributed by atoms with Crippen molar-refractivity contribution in [3.8, 4) is 5.75 Å². The number of aromatic nitrogens is 1. The monoisotopic (exact) mass is 260 g/mol. The van der Waals surface area contributed by atoms with Crippen LogP contribution in [-0.4, -0.2) is 23.9 Å². The number of ketones is 1. The highest BCUT2D eigenvalue weighted by Gasteiger charge is 2.15. The number of hydrogen-bond donors (Lipinski definition) is 2. The zero-order valence-corrected chi connectivity index (χ0v) is 10.4. The summed E-state index contributed by atoms with van der Waals surface area (Å²) in [6, 6.07) is 5.95. The van der Waals surface area contributed by atoms with Gasteiger partial charge >= 0.3 is 0 Å². The molecule has 0 saturated carbocycles. The topological polar surface area (TPSA) is 54.1 Å². The van der Waals surface area contributed by atoms with Gasteiger partial charge in [-0.15, -0.1) is 0 Å². The van der Waals surface area contributed by atoms with Crippen molar-refractivity contribution in [2.45, 2.75) is 27.3 Å². The van der Waals surface area contributed by atoms with E-state index in [4.69, 9.17) is 4.74 Å². The van der Waals surface area contributed by atoms with E-state index >= 15 is 0 Å². The van der Waals surface area contributed by atoms with E-state index in [0.29, 0.717) is 0 Å². The normalized spacial score (nSPS) is 13.7. The van der Waals surface area contributed by atoms with Crippen LogP contribution in [0, 0.1) is 0 Å². The lowest BCUT2D eigenvalue weighted by atomic mass is 10.0. The Hall–Kier alpha value is -1.81. The molecule has 1 aliphatic rings. The summed E-state index contributed by atoms with van der Waals surface area (Å²) in [7, 11) is 0. The predicted octanol–water partition coefficient (Wildman–Crippen LogP) is 2.42. The number of hydrogen-bond acceptors (Lipinski definition) is 3. The van der Waals surface area contributed by atoms with Crippen LogP contribution in [-0.2, 0) is 17.8 Å². The van der Waals surface area contributed by atoms with E-state index in [0.717, 1.165) is 30.8 Å². The summed E-state index contributed by atoms with van der Waals surface area (Å²) in [6.45, 7) is 3.58. The highest BCUT2D eigenvalue weighted by Crippen LogP contribution is 2.28. The number of aromatic amines is 1. The summed E-state index contributed by atoms with van der Waals surface area (Å²) >= 11 is 0. The Bertz CT molecular complexity index is 601. The number of rotatable bonds is 3. The van der Waals surface area contributed by atoms with Crippen LogP contribution in [0.2, 0.25) is 0 Å². The van der Waals surface area contributed by atoms with Gasteiger partial charge in [-0.3, -0.25) is 4.79 Å². The molecule has 4 nitrogen and oxygen atoms in total. The van der Waals surface area contributed by atoms with Crippen LogP contribution in [0.5, 0.6) is 5.75 Å². The number of carbonyl (C=O) groups excluding carboxylic acids is 1. The van der Waals surface area contributed by atoms with Gasteiger partial charge in [0.15, 0.2) is 5.78 Å². The summed E-state index contributed by atoms with van der Waals surface area (Å²) in [4.78, 5) is 14.3. The molecule has 2 heterocycles. The van der Waals surface area contributed by atoms with Crippen molar-refractivity contribution in [2.75, 3.05) is 13.2 Å². The molecule has 0 fully saturated rings. The van der Waals surface area contributed by atoms with E-state index in [1.165, 1.54) is 23.6 Å². The molecule has 0 atom stereocenters. The van der Waals surface area contributed by atoms with Gasteiger partial charge in [-0.1, -0.05) is 7.43 Å². The molecular weight excluding hydrogens is 240 g/mol. The van der Waals surface area contributed by atoms with Crippen LogP contribution in [0.25, 0.3) is 10.9 Å². The number of ether oxygens (including phenoxy) is 1. The first-order valence-corrected chi connectivity index (χ1v) is 6.20. The molecule has 2 N–H and O–H groups in total. The van der Waals surface area contributed by atoms with Crippen molar-refractivity contribution in [3.63, 3.8) is 0 Å². The van der Waals surface area contributed by atoms with Crippen LogP contribution < -0.4 is 10.1 Å². The molecule has 19 heavy (non-hydrogen) atoms. The molecule has 0 aliphatic carbocycles. The lowest BCUT2D eigenvalue weighted by Crippen LogP contribution is -2.22. The fourth-order valence-corrected chi connectivity index (χ4v) is 2.42. The second-order valence-corrected chi connectivity index (χ2v) is 4.71. The van der Waals surface area contributed by atoms with Crippen LogP contribution in [0.3, 0.4) is 0 Å². The Kier molecular flexibility index (Phi) is 3.90. The van der Waals surface area contributed by atoms with Gasteiger partial charge in [-0.2, -0.15) is 0 Å². The van der Waals surface area contributed by atoms with Crippen LogP contribution in [0.4, 0.5) is 0 Å². The number of Topliss-reactive ketones (excluding diaryl/α,β-unsaturated/α-hetero) is 1. The van der Waals surface area contributed by atoms with Gasteiger partial charge in [0, 0.05) is 23.1 Å². The van der Waals surface area contributed by atoms with Crippen molar-refractivity contribution in [1.82, 2.24) is 10.3 Å². The highest BCUT2D eigenvalue weighted by molar-refractivity contribution is 5.86. The minimum absolute atomic E-state index is 0. The Balaban J connectivity index is 0.00000133. The fourth-order valence-electron chi connectivity index (χ4n) is 2.42. The van der Waals surface area contributed by atoms with Crippen molar-refractivity contribution < 1.29 is 9.53 Å². The SMILES string of the molecule is C.CC(=O)COc1ccc2[nH]c3c(c2c1)CCNC3. The number of H-pyrrole nitrogens is 1. The molecule has 0 spiro atoms. The van der Waals surface area contributed by atoms with Gasteiger partial charge in [0.05, 0.1) is 0 Å². The van der Waals surface area contributed by atoms with Crippen molar-refractivity contribution in [2.24, 2.45) is 0 Å². The smallest absolute Gasteiger partial charge is 0.167 e. The maximum Gasteiger partial charge on any atom is 0.167 e. The molecular formula is C15H20N2O2. The molecule has 0 unspecified atom stereocenters. The maximum atomic E-state index is 10.9. The first-order chi connectivity index (χ1) is 8.74. The summed E-state index contributed by atoms with van der Waals surface area (Å²) in [5, 5.41) is 4.56. The van der Waals surface area contributed by atoms with E-state index in [-0.39, 0.29) is 19.8 Å². The summed E-state index contributed by atoms with van der Waals surface area (Å²) in [5.41, 5.74) is 3.77. The molecule has 1 aliphatic heterocycles. The third-order valence-electron chi connectivity index (χ3n) is 3.26. The summed E-state index contributed by atoms with van der Waals surface area (Å²) in [5.74, 6) is 0.799. The largest absolute Gasteiger partial charge is 0.486 e. The molecule has 0 saturated heterocycles. The third-order valence-corrected chi connectivity index (χ3v) is 3.26. The van der Waals surface area contributed by atoms with E-state index in [1.54, 1.807) is 0 Å². The van der Waals surface area contributed by atoms with E-state index in [9.17, 15) is 4.79 Å². The Morgan fingerprint density at radius 1 is 1.42 bits per heavy atom. The third kappa shape index (κ3) is 2.63. The van der Waals surface area contributed by atoms with E-state index in [2.05, 4.69) is 10.3 Å². The molecule has 0 amide bonds. The molecule has 4 heteroatoms. The first-order valence-electron chi connectivity index (χ1n) is 6.20. The average Bonchev–Trinajstić information content (AvgIpc) is 2.74. The maximum absolute atomic E-state index is 10.9. The Morgan fingerprint density at radius 3 is 3.05 bits per heavy atom. The molecule has 102 valence electrons. The minimum atomic E-state index is 0. The molecule has 1 aromatic carbocycles. The average molecular weight is 260 g/mol. The predicted molar refractivity (Wildman–Crippen MR) is 76.6 cm³/mol. The zero-order valence-electron chi connectivity index (χ0n) is 10.4. The van der Waals surface area contributed by atoms with Crippen LogP contribution in [0.1, 0.15) is 25.6 Å². The van der Waals surface area contributed by atoms with Gasteiger partial charge in [0.1, 0.15) is 12.4 Å². The van der Waals surface area contributed by atoms with Crippen LogP contribution in [0.15, 0.2) is 18.2 Å². The fraction of sp³-hybridized carbons (Fsp3) is 0.400. The molecule has 2 aromatic rings.